The van der Waals surface area contributed by atoms with Crippen molar-refractivity contribution < 1.29 is 14.3 Å². The van der Waals surface area contributed by atoms with Crippen molar-refractivity contribution in [1.29, 1.82) is 0 Å². The first-order valence-corrected chi connectivity index (χ1v) is 7.05. The molecule has 0 saturated carbocycles. The van der Waals surface area contributed by atoms with Crippen molar-refractivity contribution in [3.8, 4) is 0 Å². The number of esters is 1. The molecule has 1 atom stereocenters. The zero-order valence-corrected chi connectivity index (χ0v) is 12.1. The third-order valence-corrected chi connectivity index (χ3v) is 3.90. The number of hydrogen-bond acceptors (Lipinski definition) is 3. The van der Waals surface area contributed by atoms with E-state index in [-0.39, 0.29) is 11.9 Å². The Bertz CT molecular complexity index is 498. The van der Waals surface area contributed by atoms with Crippen LogP contribution in [0.15, 0.2) is 24.3 Å². The van der Waals surface area contributed by atoms with Crippen molar-refractivity contribution in [1.82, 2.24) is 4.90 Å². The van der Waals surface area contributed by atoms with Crippen LogP contribution in [-0.4, -0.2) is 36.5 Å². The van der Waals surface area contributed by atoms with E-state index in [0.29, 0.717) is 19.4 Å². The molecule has 2 rings (SSSR count). The average Bonchev–Trinajstić information content (AvgIpc) is 2.48. The Morgan fingerprint density at radius 2 is 2.05 bits per heavy atom. The average molecular weight is 275 g/mol. The van der Waals surface area contributed by atoms with E-state index in [9.17, 15) is 9.59 Å². The van der Waals surface area contributed by atoms with Gasteiger partial charge in [0, 0.05) is 6.54 Å². The van der Waals surface area contributed by atoms with Crippen molar-refractivity contribution in [3.63, 3.8) is 0 Å². The standard InChI is InChI=1S/C16H21NO3/c1-12-7-3-4-8-13(12)11-15(18)17-10-6-5-9-14(17)16(19)20-2/h3-4,7-8,14H,5-6,9-11H2,1-2H3/t14-/m1/s1. The van der Waals surface area contributed by atoms with E-state index >= 15 is 0 Å². The van der Waals surface area contributed by atoms with Crippen LogP contribution in [0.1, 0.15) is 30.4 Å². The van der Waals surface area contributed by atoms with Crippen molar-refractivity contribution in [2.24, 2.45) is 0 Å². The molecule has 0 bridgehead atoms. The van der Waals surface area contributed by atoms with Crippen molar-refractivity contribution >= 4 is 11.9 Å². The van der Waals surface area contributed by atoms with Gasteiger partial charge >= 0.3 is 5.97 Å². The summed E-state index contributed by atoms with van der Waals surface area (Å²) in [5.74, 6) is -0.294. The molecule has 1 aliphatic rings. The molecule has 1 heterocycles. The van der Waals surface area contributed by atoms with E-state index in [0.717, 1.165) is 24.0 Å². The maximum Gasteiger partial charge on any atom is 0.328 e. The van der Waals surface area contributed by atoms with Gasteiger partial charge in [-0.2, -0.15) is 0 Å². The van der Waals surface area contributed by atoms with Crippen LogP contribution in [0.2, 0.25) is 0 Å². The second-order valence-electron chi connectivity index (χ2n) is 5.23. The molecule has 0 aromatic heterocycles. The number of benzene rings is 1. The lowest BCUT2D eigenvalue weighted by atomic mass is 9.99. The summed E-state index contributed by atoms with van der Waals surface area (Å²) in [4.78, 5) is 25.9. The van der Waals surface area contributed by atoms with Crippen LogP contribution in [0.3, 0.4) is 0 Å². The third kappa shape index (κ3) is 3.18. The normalized spacial score (nSPS) is 18.7. The van der Waals surface area contributed by atoms with Gasteiger partial charge in [-0.25, -0.2) is 4.79 Å². The van der Waals surface area contributed by atoms with Crippen molar-refractivity contribution in [2.75, 3.05) is 13.7 Å². The first-order chi connectivity index (χ1) is 9.63. The number of nitrogens with zero attached hydrogens (tertiary/aromatic N) is 1. The monoisotopic (exact) mass is 275 g/mol. The van der Waals surface area contributed by atoms with Gasteiger partial charge in [-0.05, 0) is 37.3 Å². The zero-order chi connectivity index (χ0) is 14.5. The highest BCUT2D eigenvalue weighted by molar-refractivity contribution is 5.86. The molecular weight excluding hydrogens is 254 g/mol. The topological polar surface area (TPSA) is 46.6 Å². The molecule has 1 fully saturated rings. The minimum atomic E-state index is -0.412. The Balaban J connectivity index is 2.10. The molecule has 1 aromatic rings. The lowest BCUT2D eigenvalue weighted by molar-refractivity contribution is -0.154. The molecule has 1 aromatic carbocycles. The smallest absolute Gasteiger partial charge is 0.328 e. The quantitative estimate of drug-likeness (QED) is 0.794. The fraction of sp³-hybridized carbons (Fsp3) is 0.500. The number of hydrogen-bond donors (Lipinski definition) is 0. The molecule has 108 valence electrons. The number of likely N-dealkylation sites (tertiary alicyclic amines) is 1. The summed E-state index contributed by atoms with van der Waals surface area (Å²) < 4.78 is 4.81. The Morgan fingerprint density at radius 3 is 2.75 bits per heavy atom. The molecule has 1 saturated heterocycles. The van der Waals surface area contributed by atoms with Crippen molar-refractivity contribution in [3.05, 3.63) is 35.4 Å². The molecule has 0 spiro atoms. The van der Waals surface area contributed by atoms with E-state index in [1.54, 1.807) is 4.90 Å². The predicted molar refractivity (Wildman–Crippen MR) is 76.3 cm³/mol. The molecule has 0 radical (unpaired) electrons. The summed E-state index contributed by atoms with van der Waals surface area (Å²) in [5.41, 5.74) is 2.12. The minimum absolute atomic E-state index is 0.00870. The Labute approximate surface area is 119 Å². The highest BCUT2D eigenvalue weighted by atomic mass is 16.5. The van der Waals surface area contributed by atoms with E-state index < -0.39 is 6.04 Å². The van der Waals surface area contributed by atoms with E-state index in [2.05, 4.69) is 0 Å². The molecule has 0 aliphatic carbocycles. The van der Waals surface area contributed by atoms with Gasteiger partial charge in [0.15, 0.2) is 0 Å². The highest BCUT2D eigenvalue weighted by Gasteiger charge is 2.32. The second-order valence-corrected chi connectivity index (χ2v) is 5.23. The van der Waals surface area contributed by atoms with Gasteiger partial charge in [0.1, 0.15) is 6.04 Å². The van der Waals surface area contributed by atoms with Gasteiger partial charge in [-0.1, -0.05) is 24.3 Å². The largest absolute Gasteiger partial charge is 0.467 e. The van der Waals surface area contributed by atoms with Crippen LogP contribution in [-0.2, 0) is 20.7 Å². The predicted octanol–water partition coefficient (Wildman–Crippen LogP) is 2.09. The Hall–Kier alpha value is -1.84. The number of piperidine rings is 1. The van der Waals surface area contributed by atoms with Crippen LogP contribution in [0, 0.1) is 6.92 Å². The lowest BCUT2D eigenvalue weighted by Gasteiger charge is -2.34. The van der Waals surface area contributed by atoms with Gasteiger partial charge < -0.3 is 9.64 Å². The number of aryl methyl sites for hydroxylation is 1. The van der Waals surface area contributed by atoms with Gasteiger partial charge in [0.2, 0.25) is 5.91 Å². The summed E-state index contributed by atoms with van der Waals surface area (Å²) in [6.07, 6.45) is 2.97. The molecule has 4 heteroatoms. The molecular formula is C16H21NO3. The molecule has 0 N–H and O–H groups in total. The summed E-state index contributed by atoms with van der Waals surface area (Å²) in [7, 11) is 1.38. The van der Waals surface area contributed by atoms with Gasteiger partial charge in [-0.15, -0.1) is 0 Å². The summed E-state index contributed by atoms with van der Waals surface area (Å²) in [6.45, 7) is 2.64. The molecule has 4 nitrogen and oxygen atoms in total. The Morgan fingerprint density at radius 1 is 1.30 bits per heavy atom. The Kier molecular flexibility index (Phi) is 4.77. The van der Waals surface area contributed by atoms with Crippen LogP contribution in [0.25, 0.3) is 0 Å². The van der Waals surface area contributed by atoms with Crippen molar-refractivity contribution in [2.45, 2.75) is 38.6 Å². The number of carbonyl (C=O) groups is 2. The van der Waals surface area contributed by atoms with Crippen LogP contribution < -0.4 is 0 Å². The summed E-state index contributed by atoms with van der Waals surface area (Å²) in [6, 6.07) is 7.44. The summed E-state index contributed by atoms with van der Waals surface area (Å²) >= 11 is 0. The molecule has 20 heavy (non-hydrogen) atoms. The highest BCUT2D eigenvalue weighted by Crippen LogP contribution is 2.20. The SMILES string of the molecule is COC(=O)[C@H]1CCCCN1C(=O)Cc1ccccc1C. The minimum Gasteiger partial charge on any atom is -0.467 e. The summed E-state index contributed by atoms with van der Waals surface area (Å²) in [5, 5.41) is 0. The first kappa shape index (κ1) is 14.6. The van der Waals surface area contributed by atoms with Gasteiger partial charge in [0.25, 0.3) is 0 Å². The zero-order valence-electron chi connectivity index (χ0n) is 12.1. The molecule has 1 aliphatic heterocycles. The van der Waals surface area contributed by atoms with Crippen LogP contribution in [0.4, 0.5) is 0 Å². The third-order valence-electron chi connectivity index (χ3n) is 3.90. The lowest BCUT2D eigenvalue weighted by Crippen LogP contribution is -2.49. The number of carbonyl (C=O) groups excluding carboxylic acids is 2. The first-order valence-electron chi connectivity index (χ1n) is 7.05. The number of methoxy groups -OCH3 is 1. The fourth-order valence-electron chi connectivity index (χ4n) is 2.68. The van der Waals surface area contributed by atoms with E-state index in [4.69, 9.17) is 4.74 Å². The molecule has 0 unspecified atom stereocenters. The number of ether oxygens (including phenoxy) is 1. The molecule has 1 amide bonds. The van der Waals surface area contributed by atoms with E-state index in [1.807, 2.05) is 31.2 Å². The maximum atomic E-state index is 12.5. The van der Waals surface area contributed by atoms with E-state index in [1.165, 1.54) is 7.11 Å². The maximum absolute atomic E-state index is 12.5. The number of rotatable bonds is 3. The van der Waals surface area contributed by atoms with Crippen LogP contribution >= 0.6 is 0 Å². The second kappa shape index (κ2) is 6.55. The number of amides is 1. The fourth-order valence-corrected chi connectivity index (χ4v) is 2.68. The van der Waals surface area contributed by atoms with Gasteiger partial charge in [-0.3, -0.25) is 4.79 Å². The van der Waals surface area contributed by atoms with Crippen LogP contribution in [0.5, 0.6) is 0 Å². The van der Waals surface area contributed by atoms with Gasteiger partial charge in [0.05, 0.1) is 13.5 Å².